The normalized spacial score (nSPS) is 11.0. The zero-order valence-electron chi connectivity index (χ0n) is 15.7. The Kier molecular flexibility index (Phi) is 4.74. The summed E-state index contributed by atoms with van der Waals surface area (Å²) in [6, 6.07) is 5.51. The maximum atomic E-state index is 12.8. The Morgan fingerprint density at radius 3 is 2.79 bits per heavy atom. The number of nitrogens with zero attached hydrogens (tertiary/aromatic N) is 6. The number of carbonyl (C=O) groups is 1. The molecule has 0 saturated carbocycles. The van der Waals surface area contributed by atoms with Gasteiger partial charge in [0.05, 0.1) is 24.0 Å². The molecule has 1 amide bonds. The van der Waals surface area contributed by atoms with Gasteiger partial charge in [0, 0.05) is 24.8 Å². The van der Waals surface area contributed by atoms with E-state index in [1.807, 2.05) is 31.4 Å². The minimum atomic E-state index is -0.128. The summed E-state index contributed by atoms with van der Waals surface area (Å²) in [5, 5.41) is 7.10. The van der Waals surface area contributed by atoms with Crippen LogP contribution in [-0.4, -0.2) is 42.6 Å². The van der Waals surface area contributed by atoms with E-state index >= 15 is 0 Å². The summed E-state index contributed by atoms with van der Waals surface area (Å²) in [7, 11) is 1.75. The molecule has 0 aliphatic heterocycles. The summed E-state index contributed by atoms with van der Waals surface area (Å²) in [5.41, 5.74) is 1.83. The fraction of sp³-hybridized carbons (Fsp3) is 0.211. The number of thiazole rings is 1. The number of aromatic nitrogens is 5. The Morgan fingerprint density at radius 2 is 2.07 bits per heavy atom. The van der Waals surface area contributed by atoms with Gasteiger partial charge in [-0.15, -0.1) is 11.3 Å². The number of amides is 1. The smallest absolute Gasteiger partial charge is 0.257 e. The van der Waals surface area contributed by atoms with Gasteiger partial charge in [-0.1, -0.05) is 0 Å². The van der Waals surface area contributed by atoms with Crippen LogP contribution >= 0.6 is 11.3 Å². The largest absolute Gasteiger partial charge is 0.460 e. The maximum Gasteiger partial charge on any atom is 0.257 e. The van der Waals surface area contributed by atoms with Crippen LogP contribution in [0, 0.1) is 13.8 Å². The van der Waals surface area contributed by atoms with Crippen molar-refractivity contribution in [1.29, 1.82) is 0 Å². The first-order valence-electron chi connectivity index (χ1n) is 8.61. The van der Waals surface area contributed by atoms with Gasteiger partial charge in [-0.3, -0.25) is 4.79 Å². The minimum Gasteiger partial charge on any atom is -0.460 e. The van der Waals surface area contributed by atoms with Crippen LogP contribution in [0.5, 0.6) is 0 Å². The van der Waals surface area contributed by atoms with E-state index in [2.05, 4.69) is 20.1 Å². The lowest BCUT2D eigenvalue weighted by Gasteiger charge is -2.15. The molecule has 0 fully saturated rings. The van der Waals surface area contributed by atoms with Gasteiger partial charge in [0.25, 0.3) is 11.9 Å². The van der Waals surface area contributed by atoms with Crippen LogP contribution in [-0.2, 0) is 6.54 Å². The molecule has 0 aliphatic carbocycles. The van der Waals surface area contributed by atoms with Gasteiger partial charge in [0.15, 0.2) is 5.76 Å². The first kappa shape index (κ1) is 18.1. The van der Waals surface area contributed by atoms with Gasteiger partial charge in [-0.25, -0.2) is 19.6 Å². The first-order valence-corrected chi connectivity index (χ1v) is 9.49. The van der Waals surface area contributed by atoms with Crippen LogP contribution < -0.4 is 0 Å². The van der Waals surface area contributed by atoms with E-state index in [1.54, 1.807) is 41.3 Å². The molecule has 9 heteroatoms. The zero-order chi connectivity index (χ0) is 19.7. The molecule has 0 radical (unpaired) electrons. The van der Waals surface area contributed by atoms with E-state index in [9.17, 15) is 4.79 Å². The fourth-order valence-corrected chi connectivity index (χ4v) is 3.46. The predicted molar refractivity (Wildman–Crippen MR) is 104 cm³/mol. The van der Waals surface area contributed by atoms with Gasteiger partial charge < -0.3 is 9.32 Å². The lowest BCUT2D eigenvalue weighted by Crippen LogP contribution is -2.26. The van der Waals surface area contributed by atoms with Crippen molar-refractivity contribution in [2.24, 2.45) is 0 Å². The number of furan rings is 1. The average Bonchev–Trinajstić information content (AvgIpc) is 3.43. The van der Waals surface area contributed by atoms with E-state index in [0.29, 0.717) is 35.2 Å². The summed E-state index contributed by atoms with van der Waals surface area (Å²) < 4.78 is 7.19. The van der Waals surface area contributed by atoms with Gasteiger partial charge in [-0.2, -0.15) is 5.10 Å². The van der Waals surface area contributed by atoms with E-state index in [0.717, 1.165) is 10.8 Å². The van der Waals surface area contributed by atoms with Gasteiger partial charge in [-0.05, 0) is 32.0 Å². The topological polar surface area (TPSA) is 89.9 Å². The number of carbonyl (C=O) groups excluding carboxylic acids is 1. The second-order valence-corrected chi connectivity index (χ2v) is 7.27. The Balaban J connectivity index is 1.61. The number of rotatable bonds is 5. The molecular weight excluding hydrogens is 376 g/mol. The van der Waals surface area contributed by atoms with Crippen molar-refractivity contribution in [3.63, 3.8) is 0 Å². The van der Waals surface area contributed by atoms with Crippen molar-refractivity contribution in [2.75, 3.05) is 7.05 Å². The number of aryl methyl sites for hydroxylation is 1. The quantitative estimate of drug-likeness (QED) is 0.516. The summed E-state index contributed by atoms with van der Waals surface area (Å²) in [6.07, 6.45) is 4.92. The van der Waals surface area contributed by atoms with Crippen molar-refractivity contribution >= 4 is 17.2 Å². The highest BCUT2D eigenvalue weighted by Crippen LogP contribution is 2.21. The summed E-state index contributed by atoms with van der Waals surface area (Å²) in [6.45, 7) is 4.15. The van der Waals surface area contributed by atoms with Gasteiger partial charge in [0.2, 0.25) is 0 Å². The molecule has 4 rings (SSSR count). The molecule has 0 aliphatic rings. The molecular formula is C19H18N6O2S. The third-order valence-electron chi connectivity index (χ3n) is 4.27. The molecule has 0 spiro atoms. The van der Waals surface area contributed by atoms with E-state index in [4.69, 9.17) is 4.42 Å². The van der Waals surface area contributed by atoms with E-state index < -0.39 is 0 Å². The van der Waals surface area contributed by atoms with Crippen molar-refractivity contribution < 1.29 is 9.21 Å². The first-order chi connectivity index (χ1) is 13.5. The van der Waals surface area contributed by atoms with E-state index in [1.165, 1.54) is 11.3 Å². The Labute approximate surface area is 165 Å². The molecule has 0 saturated heterocycles. The molecule has 142 valence electrons. The molecule has 28 heavy (non-hydrogen) atoms. The molecule has 0 bridgehead atoms. The highest BCUT2D eigenvalue weighted by atomic mass is 32.1. The van der Waals surface area contributed by atoms with Crippen LogP contribution in [0.2, 0.25) is 0 Å². The minimum absolute atomic E-state index is 0.128. The zero-order valence-corrected chi connectivity index (χ0v) is 16.5. The highest BCUT2D eigenvalue weighted by Gasteiger charge is 2.20. The maximum absolute atomic E-state index is 12.8. The molecule has 4 heterocycles. The molecule has 0 atom stereocenters. The van der Waals surface area contributed by atoms with E-state index in [-0.39, 0.29) is 5.91 Å². The van der Waals surface area contributed by atoms with Crippen molar-refractivity contribution in [1.82, 2.24) is 29.6 Å². The second-order valence-electron chi connectivity index (χ2n) is 6.29. The molecule has 0 N–H and O–H groups in total. The Hall–Kier alpha value is -3.33. The van der Waals surface area contributed by atoms with Crippen molar-refractivity contribution in [3.8, 4) is 17.4 Å². The van der Waals surface area contributed by atoms with Crippen LogP contribution in [0.1, 0.15) is 26.8 Å². The van der Waals surface area contributed by atoms with Crippen molar-refractivity contribution in [2.45, 2.75) is 20.4 Å². The third kappa shape index (κ3) is 3.44. The van der Waals surface area contributed by atoms with Crippen LogP contribution in [0.15, 0.2) is 46.6 Å². The fourth-order valence-electron chi connectivity index (χ4n) is 2.79. The van der Waals surface area contributed by atoms with Crippen molar-refractivity contribution in [3.05, 3.63) is 64.2 Å². The standard InChI is InChI=1S/C19H18N6O2S/c1-12-4-5-16(27-12)15-6-7-21-19(23-15)25-13(2)14(10-22-25)18(26)24(3)11-17-20-8-9-28-17/h4-10H,11H2,1-3H3. The highest BCUT2D eigenvalue weighted by molar-refractivity contribution is 7.09. The number of hydrogen-bond acceptors (Lipinski definition) is 7. The molecule has 0 unspecified atom stereocenters. The molecule has 8 nitrogen and oxygen atoms in total. The number of hydrogen-bond donors (Lipinski definition) is 0. The van der Waals surface area contributed by atoms with Crippen LogP contribution in [0.4, 0.5) is 0 Å². The van der Waals surface area contributed by atoms with Crippen LogP contribution in [0.25, 0.3) is 17.4 Å². The third-order valence-corrected chi connectivity index (χ3v) is 5.03. The lowest BCUT2D eigenvalue weighted by atomic mass is 10.2. The predicted octanol–water partition coefficient (Wildman–Crippen LogP) is 3.27. The second kappa shape index (κ2) is 7.35. The Bertz CT molecular complexity index is 1120. The summed E-state index contributed by atoms with van der Waals surface area (Å²) >= 11 is 1.52. The SMILES string of the molecule is Cc1ccc(-c2ccnc(-n3ncc(C(=O)N(C)Cc4nccs4)c3C)n2)o1. The monoisotopic (exact) mass is 394 g/mol. The summed E-state index contributed by atoms with van der Waals surface area (Å²) in [5.74, 6) is 1.72. The molecule has 0 aromatic carbocycles. The van der Waals surface area contributed by atoms with Gasteiger partial charge in [0.1, 0.15) is 16.5 Å². The average molecular weight is 394 g/mol. The Morgan fingerprint density at radius 1 is 1.21 bits per heavy atom. The lowest BCUT2D eigenvalue weighted by molar-refractivity contribution is 0.0784. The molecule has 4 aromatic heterocycles. The van der Waals surface area contributed by atoms with Gasteiger partial charge >= 0.3 is 0 Å². The molecule has 4 aromatic rings. The summed E-state index contributed by atoms with van der Waals surface area (Å²) in [4.78, 5) is 27.5. The van der Waals surface area contributed by atoms with Crippen LogP contribution in [0.3, 0.4) is 0 Å².